The summed E-state index contributed by atoms with van der Waals surface area (Å²) in [6.45, 7) is 0.777. The number of carboxylic acid groups (broad SMARTS) is 2. The molecule has 17 heavy (non-hydrogen) atoms. The molecule has 0 saturated heterocycles. The summed E-state index contributed by atoms with van der Waals surface area (Å²) in [7, 11) is 0. The predicted molar refractivity (Wildman–Crippen MR) is 61.2 cm³/mol. The molecule has 2 N–H and O–H groups in total. The maximum absolute atomic E-state index is 10.5. The van der Waals surface area contributed by atoms with Gasteiger partial charge in [0.1, 0.15) is 5.51 Å². The molecule has 1 heterocycles. The number of hydrogen-bond donors (Lipinski definition) is 2. The van der Waals surface area contributed by atoms with Crippen molar-refractivity contribution in [3.05, 3.63) is 5.51 Å². The SMILES string of the molecule is O=C(O)CCCN(CCC(=O)O)c1nncs1. The summed E-state index contributed by atoms with van der Waals surface area (Å²) in [6, 6.07) is 0. The standard InChI is InChI=1S/C9H13N3O4S/c13-7(14)2-1-4-12(5-3-8(15)16)9-11-10-6-17-9/h6H,1-5H2,(H,13,14)(H,15,16). The summed E-state index contributed by atoms with van der Waals surface area (Å²) >= 11 is 1.30. The quantitative estimate of drug-likeness (QED) is 0.707. The third kappa shape index (κ3) is 5.25. The topological polar surface area (TPSA) is 104 Å². The monoisotopic (exact) mass is 259 g/mol. The Morgan fingerprint density at radius 1 is 1.24 bits per heavy atom. The lowest BCUT2D eigenvalue weighted by atomic mass is 10.3. The van der Waals surface area contributed by atoms with Crippen molar-refractivity contribution in [1.29, 1.82) is 0 Å². The normalized spacial score (nSPS) is 10.1. The number of anilines is 1. The molecule has 0 bridgehead atoms. The van der Waals surface area contributed by atoms with Crippen LogP contribution in [-0.2, 0) is 9.59 Å². The predicted octanol–water partition coefficient (Wildman–Crippen LogP) is 0.684. The molecule has 94 valence electrons. The van der Waals surface area contributed by atoms with Crippen molar-refractivity contribution < 1.29 is 19.8 Å². The van der Waals surface area contributed by atoms with Crippen LogP contribution >= 0.6 is 11.3 Å². The lowest BCUT2D eigenvalue weighted by molar-refractivity contribution is -0.138. The van der Waals surface area contributed by atoms with Gasteiger partial charge in [-0.3, -0.25) is 9.59 Å². The van der Waals surface area contributed by atoms with Crippen LogP contribution in [0.5, 0.6) is 0 Å². The van der Waals surface area contributed by atoms with Crippen LogP contribution in [0.4, 0.5) is 5.13 Å². The van der Waals surface area contributed by atoms with Gasteiger partial charge in [-0.05, 0) is 6.42 Å². The molecule has 0 saturated carbocycles. The van der Waals surface area contributed by atoms with Gasteiger partial charge < -0.3 is 15.1 Å². The molecule has 0 atom stereocenters. The molecule has 0 aliphatic rings. The van der Waals surface area contributed by atoms with Crippen LogP contribution in [0, 0.1) is 0 Å². The Labute approximate surface area is 102 Å². The maximum atomic E-state index is 10.5. The Morgan fingerprint density at radius 3 is 2.47 bits per heavy atom. The van der Waals surface area contributed by atoms with E-state index in [1.165, 1.54) is 11.3 Å². The second-order valence-corrected chi connectivity index (χ2v) is 4.16. The first-order valence-corrected chi connectivity index (χ1v) is 5.92. The summed E-state index contributed by atoms with van der Waals surface area (Å²) in [5.74, 6) is -1.75. The first kappa shape index (κ1) is 13.4. The lowest BCUT2D eigenvalue weighted by Gasteiger charge is -2.19. The fraction of sp³-hybridized carbons (Fsp3) is 0.556. The molecule has 7 nitrogen and oxygen atoms in total. The van der Waals surface area contributed by atoms with Gasteiger partial charge in [0.05, 0.1) is 6.42 Å². The van der Waals surface area contributed by atoms with E-state index in [1.54, 1.807) is 10.4 Å². The molecule has 0 spiro atoms. The van der Waals surface area contributed by atoms with Crippen LogP contribution in [0.15, 0.2) is 5.51 Å². The van der Waals surface area contributed by atoms with E-state index in [0.29, 0.717) is 24.6 Å². The van der Waals surface area contributed by atoms with Crippen molar-refractivity contribution in [3.63, 3.8) is 0 Å². The molecule has 0 radical (unpaired) electrons. The smallest absolute Gasteiger partial charge is 0.305 e. The van der Waals surface area contributed by atoms with E-state index < -0.39 is 11.9 Å². The lowest BCUT2D eigenvalue weighted by Crippen LogP contribution is -2.27. The van der Waals surface area contributed by atoms with Gasteiger partial charge in [-0.2, -0.15) is 0 Å². The van der Waals surface area contributed by atoms with Crippen molar-refractivity contribution >= 4 is 28.4 Å². The molecule has 1 aromatic rings. The van der Waals surface area contributed by atoms with E-state index in [0.717, 1.165) is 0 Å². The fourth-order valence-electron chi connectivity index (χ4n) is 1.26. The fourth-order valence-corrected chi connectivity index (χ4v) is 1.87. The second-order valence-electron chi connectivity index (χ2n) is 3.35. The molecule has 0 amide bonds. The van der Waals surface area contributed by atoms with Crippen LogP contribution in [0.3, 0.4) is 0 Å². The molecule has 0 fully saturated rings. The van der Waals surface area contributed by atoms with Crippen molar-refractivity contribution in [1.82, 2.24) is 10.2 Å². The highest BCUT2D eigenvalue weighted by Crippen LogP contribution is 2.16. The van der Waals surface area contributed by atoms with Gasteiger partial charge in [0, 0.05) is 19.5 Å². The highest BCUT2D eigenvalue weighted by atomic mass is 32.1. The molecule has 0 aliphatic carbocycles. The average Bonchev–Trinajstić information content (AvgIpc) is 2.75. The minimum Gasteiger partial charge on any atom is -0.481 e. The molecular weight excluding hydrogens is 246 g/mol. The Bertz CT molecular complexity index is 368. The van der Waals surface area contributed by atoms with Gasteiger partial charge in [0.25, 0.3) is 0 Å². The van der Waals surface area contributed by atoms with Crippen LogP contribution < -0.4 is 4.90 Å². The average molecular weight is 259 g/mol. The summed E-state index contributed by atoms with van der Waals surface area (Å²) in [5.41, 5.74) is 1.56. The molecule has 1 aromatic heterocycles. The number of nitrogens with zero attached hydrogens (tertiary/aromatic N) is 3. The minimum atomic E-state index is -0.891. The van der Waals surface area contributed by atoms with Crippen LogP contribution in [0.2, 0.25) is 0 Å². The zero-order valence-electron chi connectivity index (χ0n) is 9.07. The number of hydrogen-bond acceptors (Lipinski definition) is 6. The number of carboxylic acids is 2. The highest BCUT2D eigenvalue weighted by Gasteiger charge is 2.12. The number of rotatable bonds is 8. The van der Waals surface area contributed by atoms with E-state index in [2.05, 4.69) is 10.2 Å². The Morgan fingerprint density at radius 2 is 1.94 bits per heavy atom. The molecule has 1 rings (SSSR count). The summed E-state index contributed by atoms with van der Waals surface area (Å²) in [6.07, 6.45) is 0.504. The van der Waals surface area contributed by atoms with Crippen molar-refractivity contribution in [2.24, 2.45) is 0 Å². The largest absolute Gasteiger partial charge is 0.481 e. The molecular formula is C9H13N3O4S. The summed E-state index contributed by atoms with van der Waals surface area (Å²) in [5, 5.41) is 25.3. The van der Waals surface area contributed by atoms with E-state index in [-0.39, 0.29) is 12.8 Å². The van der Waals surface area contributed by atoms with Crippen LogP contribution in [0.25, 0.3) is 0 Å². The van der Waals surface area contributed by atoms with Gasteiger partial charge >= 0.3 is 11.9 Å². The zero-order valence-corrected chi connectivity index (χ0v) is 9.89. The van der Waals surface area contributed by atoms with Crippen molar-refractivity contribution in [2.45, 2.75) is 19.3 Å². The maximum Gasteiger partial charge on any atom is 0.305 e. The third-order valence-electron chi connectivity index (χ3n) is 2.03. The molecule has 8 heteroatoms. The Kier molecular flexibility index (Phi) is 5.34. The van der Waals surface area contributed by atoms with Gasteiger partial charge in [0.2, 0.25) is 5.13 Å². The second kappa shape index (κ2) is 6.79. The van der Waals surface area contributed by atoms with Crippen molar-refractivity contribution in [2.75, 3.05) is 18.0 Å². The van der Waals surface area contributed by atoms with Crippen LogP contribution in [0.1, 0.15) is 19.3 Å². The Balaban J connectivity index is 2.47. The number of aromatic nitrogens is 2. The van der Waals surface area contributed by atoms with E-state index in [4.69, 9.17) is 10.2 Å². The number of aliphatic carboxylic acids is 2. The summed E-state index contributed by atoms with van der Waals surface area (Å²) < 4.78 is 0. The summed E-state index contributed by atoms with van der Waals surface area (Å²) in [4.78, 5) is 22.6. The van der Waals surface area contributed by atoms with Crippen LogP contribution in [-0.4, -0.2) is 45.4 Å². The first-order chi connectivity index (χ1) is 8.09. The first-order valence-electron chi connectivity index (χ1n) is 5.04. The molecule has 0 aromatic carbocycles. The van der Waals surface area contributed by atoms with Gasteiger partial charge in [-0.25, -0.2) is 0 Å². The highest BCUT2D eigenvalue weighted by molar-refractivity contribution is 7.13. The van der Waals surface area contributed by atoms with Gasteiger partial charge in [-0.15, -0.1) is 10.2 Å². The van der Waals surface area contributed by atoms with E-state index in [1.807, 2.05) is 0 Å². The third-order valence-corrected chi connectivity index (χ3v) is 2.78. The minimum absolute atomic E-state index is 0.00729. The van der Waals surface area contributed by atoms with Crippen molar-refractivity contribution in [3.8, 4) is 0 Å². The van der Waals surface area contributed by atoms with E-state index >= 15 is 0 Å². The molecule has 0 aliphatic heterocycles. The Hall–Kier alpha value is -1.70. The van der Waals surface area contributed by atoms with Gasteiger partial charge in [0.15, 0.2) is 0 Å². The van der Waals surface area contributed by atoms with Gasteiger partial charge in [-0.1, -0.05) is 11.3 Å². The zero-order chi connectivity index (χ0) is 12.7. The number of carbonyl (C=O) groups is 2. The molecule has 0 unspecified atom stereocenters. The van der Waals surface area contributed by atoms with E-state index in [9.17, 15) is 9.59 Å².